The molecule has 1 saturated carbocycles. The molecule has 0 heterocycles. The Bertz CT molecular complexity index is 442. The highest BCUT2D eigenvalue weighted by molar-refractivity contribution is 9.10. The zero-order chi connectivity index (χ0) is 14.5. The molecule has 1 aliphatic carbocycles. The minimum atomic E-state index is 0.301. The summed E-state index contributed by atoms with van der Waals surface area (Å²) in [4.78, 5) is 0.301. The third-order valence-corrected chi connectivity index (χ3v) is 5.77. The smallest absolute Gasteiger partial charge is 0.137 e. The van der Waals surface area contributed by atoms with Crippen LogP contribution in [0.1, 0.15) is 55.3 Å². The van der Waals surface area contributed by atoms with Crippen molar-refractivity contribution in [2.75, 3.05) is 7.11 Å². The normalized spacial score (nSPS) is 18.6. The summed E-state index contributed by atoms with van der Waals surface area (Å²) in [7, 11) is 1.71. The van der Waals surface area contributed by atoms with Crippen LogP contribution in [0.4, 0.5) is 0 Å². The molecule has 1 atom stereocenters. The van der Waals surface area contributed by atoms with E-state index in [1.165, 1.54) is 38.5 Å². The minimum absolute atomic E-state index is 0.301. The van der Waals surface area contributed by atoms with E-state index < -0.39 is 0 Å². The summed E-state index contributed by atoms with van der Waals surface area (Å²) >= 11 is 13.6. The Morgan fingerprint density at radius 3 is 2.50 bits per heavy atom. The lowest BCUT2D eigenvalue weighted by Crippen LogP contribution is -2.05. The van der Waals surface area contributed by atoms with E-state index in [1.54, 1.807) is 7.11 Å². The molecule has 2 rings (SSSR count). The second-order valence-corrected chi connectivity index (χ2v) is 7.97. The first-order chi connectivity index (χ1) is 9.61. The second-order valence-electron chi connectivity index (χ2n) is 5.57. The van der Waals surface area contributed by atoms with Gasteiger partial charge in [0.1, 0.15) is 5.75 Å². The summed E-state index contributed by atoms with van der Waals surface area (Å²) in [6.45, 7) is 0. The molecular formula is C16H21Br2ClO. The SMILES string of the molecule is COc1c(Br)cc(Cl)cc1C(Br)CC1CCCCCC1. The Hall–Kier alpha value is 0.270. The summed E-state index contributed by atoms with van der Waals surface area (Å²) in [6.07, 6.45) is 9.41. The van der Waals surface area contributed by atoms with Crippen LogP contribution in [0.2, 0.25) is 5.02 Å². The van der Waals surface area contributed by atoms with Crippen LogP contribution < -0.4 is 4.74 Å². The molecule has 0 spiro atoms. The summed E-state index contributed by atoms with van der Waals surface area (Å²) in [5.41, 5.74) is 1.15. The summed E-state index contributed by atoms with van der Waals surface area (Å²) in [5, 5.41) is 0.748. The van der Waals surface area contributed by atoms with Gasteiger partial charge in [-0.15, -0.1) is 0 Å². The fraction of sp³-hybridized carbons (Fsp3) is 0.625. The second kappa shape index (κ2) is 8.05. The van der Waals surface area contributed by atoms with E-state index in [9.17, 15) is 0 Å². The van der Waals surface area contributed by atoms with Crippen LogP contribution in [0.25, 0.3) is 0 Å². The van der Waals surface area contributed by atoms with Gasteiger partial charge in [-0.05, 0) is 40.4 Å². The number of halogens is 3. The topological polar surface area (TPSA) is 9.23 Å². The third kappa shape index (κ3) is 4.38. The van der Waals surface area contributed by atoms with Gasteiger partial charge in [0.15, 0.2) is 0 Å². The van der Waals surface area contributed by atoms with Crippen molar-refractivity contribution in [3.05, 3.63) is 27.2 Å². The van der Waals surface area contributed by atoms with Crippen LogP contribution in [0.3, 0.4) is 0 Å². The number of methoxy groups -OCH3 is 1. The highest BCUT2D eigenvalue weighted by Gasteiger charge is 2.21. The van der Waals surface area contributed by atoms with Gasteiger partial charge in [0.25, 0.3) is 0 Å². The van der Waals surface area contributed by atoms with E-state index in [4.69, 9.17) is 16.3 Å². The Morgan fingerprint density at radius 2 is 1.90 bits per heavy atom. The van der Waals surface area contributed by atoms with Crippen LogP contribution in [-0.4, -0.2) is 7.11 Å². The Kier molecular flexibility index (Phi) is 6.70. The lowest BCUT2D eigenvalue weighted by molar-refractivity contribution is 0.395. The first-order valence-corrected chi connectivity index (χ1v) is 9.37. The number of hydrogen-bond donors (Lipinski definition) is 0. The predicted molar refractivity (Wildman–Crippen MR) is 93.2 cm³/mol. The van der Waals surface area contributed by atoms with E-state index in [2.05, 4.69) is 31.9 Å². The van der Waals surface area contributed by atoms with Crippen molar-refractivity contribution in [2.24, 2.45) is 5.92 Å². The molecule has 1 fully saturated rings. The number of benzene rings is 1. The van der Waals surface area contributed by atoms with Gasteiger partial charge in [-0.2, -0.15) is 0 Å². The Balaban J connectivity index is 2.13. The molecule has 1 nitrogen and oxygen atoms in total. The molecule has 0 bridgehead atoms. The minimum Gasteiger partial charge on any atom is -0.495 e. The molecule has 0 N–H and O–H groups in total. The first kappa shape index (κ1) is 16.6. The van der Waals surface area contributed by atoms with Crippen molar-refractivity contribution >= 4 is 43.5 Å². The zero-order valence-electron chi connectivity index (χ0n) is 11.8. The fourth-order valence-electron chi connectivity index (χ4n) is 3.05. The van der Waals surface area contributed by atoms with E-state index in [0.29, 0.717) is 4.83 Å². The van der Waals surface area contributed by atoms with Gasteiger partial charge in [-0.1, -0.05) is 66.1 Å². The molecule has 1 aromatic rings. The molecule has 0 radical (unpaired) electrons. The van der Waals surface area contributed by atoms with Crippen molar-refractivity contribution in [2.45, 2.75) is 49.8 Å². The van der Waals surface area contributed by atoms with Crippen LogP contribution in [0.5, 0.6) is 5.75 Å². The molecule has 0 aromatic heterocycles. The lowest BCUT2D eigenvalue weighted by Gasteiger charge is -2.21. The van der Waals surface area contributed by atoms with Gasteiger partial charge < -0.3 is 4.74 Å². The standard InChI is InChI=1S/C16H21Br2ClO/c1-20-16-13(9-12(19)10-15(16)18)14(17)8-11-6-4-2-3-5-7-11/h9-11,14H,2-8H2,1H3. The van der Waals surface area contributed by atoms with Crippen molar-refractivity contribution in [3.63, 3.8) is 0 Å². The third-order valence-electron chi connectivity index (χ3n) is 4.09. The van der Waals surface area contributed by atoms with Gasteiger partial charge in [-0.25, -0.2) is 0 Å². The van der Waals surface area contributed by atoms with Crippen LogP contribution in [-0.2, 0) is 0 Å². The Labute approximate surface area is 143 Å². The van der Waals surface area contributed by atoms with E-state index in [1.807, 2.05) is 12.1 Å². The van der Waals surface area contributed by atoms with Crippen molar-refractivity contribution < 1.29 is 4.74 Å². The summed E-state index contributed by atoms with van der Waals surface area (Å²) < 4.78 is 6.45. The highest BCUT2D eigenvalue weighted by atomic mass is 79.9. The van der Waals surface area contributed by atoms with Crippen LogP contribution >= 0.6 is 43.5 Å². The van der Waals surface area contributed by atoms with Gasteiger partial charge >= 0.3 is 0 Å². The van der Waals surface area contributed by atoms with E-state index in [-0.39, 0.29) is 0 Å². The molecule has 20 heavy (non-hydrogen) atoms. The number of rotatable bonds is 4. The molecular weight excluding hydrogens is 403 g/mol. The van der Waals surface area contributed by atoms with Gasteiger partial charge in [-0.3, -0.25) is 0 Å². The monoisotopic (exact) mass is 422 g/mol. The van der Waals surface area contributed by atoms with Gasteiger partial charge in [0, 0.05) is 15.4 Å². The first-order valence-electron chi connectivity index (χ1n) is 7.28. The Morgan fingerprint density at radius 1 is 1.25 bits per heavy atom. The molecule has 0 amide bonds. The molecule has 0 saturated heterocycles. The molecule has 1 aliphatic rings. The fourth-order valence-corrected chi connectivity index (χ4v) is 4.91. The van der Waals surface area contributed by atoms with Gasteiger partial charge in [0.05, 0.1) is 11.6 Å². The maximum Gasteiger partial charge on any atom is 0.137 e. The lowest BCUT2D eigenvalue weighted by atomic mass is 9.92. The maximum absolute atomic E-state index is 6.19. The molecule has 112 valence electrons. The average molecular weight is 425 g/mol. The van der Waals surface area contributed by atoms with Gasteiger partial charge in [0.2, 0.25) is 0 Å². The number of ether oxygens (including phenoxy) is 1. The summed E-state index contributed by atoms with van der Waals surface area (Å²) in [6, 6.07) is 3.90. The molecule has 4 heteroatoms. The van der Waals surface area contributed by atoms with Crippen LogP contribution in [0.15, 0.2) is 16.6 Å². The highest BCUT2D eigenvalue weighted by Crippen LogP contribution is 2.43. The molecule has 0 aliphatic heterocycles. The predicted octanol–water partition coefficient (Wildman–Crippen LogP) is 6.91. The zero-order valence-corrected chi connectivity index (χ0v) is 15.7. The molecule has 1 aromatic carbocycles. The van der Waals surface area contributed by atoms with E-state index >= 15 is 0 Å². The van der Waals surface area contributed by atoms with E-state index in [0.717, 1.165) is 33.1 Å². The quantitative estimate of drug-likeness (QED) is 0.377. The number of alkyl halides is 1. The largest absolute Gasteiger partial charge is 0.495 e. The van der Waals surface area contributed by atoms with Crippen molar-refractivity contribution in [1.29, 1.82) is 0 Å². The van der Waals surface area contributed by atoms with Crippen LogP contribution in [0, 0.1) is 5.92 Å². The maximum atomic E-state index is 6.19. The number of hydrogen-bond acceptors (Lipinski definition) is 1. The summed E-state index contributed by atoms with van der Waals surface area (Å²) in [5.74, 6) is 1.70. The molecule has 1 unspecified atom stereocenters. The van der Waals surface area contributed by atoms with Crippen molar-refractivity contribution in [3.8, 4) is 5.75 Å². The van der Waals surface area contributed by atoms with Crippen molar-refractivity contribution in [1.82, 2.24) is 0 Å². The average Bonchev–Trinajstić information content (AvgIpc) is 2.66.